The van der Waals surface area contributed by atoms with E-state index >= 15 is 0 Å². The van der Waals surface area contributed by atoms with Crippen molar-refractivity contribution in [1.29, 1.82) is 0 Å². The number of rotatable bonds is 8. The van der Waals surface area contributed by atoms with Crippen LogP contribution in [-0.4, -0.2) is 33.3 Å². The second-order valence-corrected chi connectivity index (χ2v) is 5.57. The van der Waals surface area contributed by atoms with Gasteiger partial charge in [0.2, 0.25) is 0 Å². The Kier molecular flexibility index (Phi) is 6.95. The second-order valence-electron chi connectivity index (χ2n) is 5.57. The van der Waals surface area contributed by atoms with Crippen LogP contribution in [0, 0.1) is 0 Å². The summed E-state index contributed by atoms with van der Waals surface area (Å²) in [6, 6.07) is 9.46. The van der Waals surface area contributed by atoms with Crippen LogP contribution in [0.3, 0.4) is 0 Å². The molecule has 0 aliphatic carbocycles. The number of methoxy groups -OCH3 is 2. The number of furan rings is 1. The minimum Gasteiger partial charge on any atom is -0.493 e. The fraction of sp³-hybridized carbons (Fsp3) is 0.316. The summed E-state index contributed by atoms with van der Waals surface area (Å²) in [4.78, 5) is 4.53. The number of aliphatic imine (C=N–C) groups is 1. The molecule has 0 aliphatic heterocycles. The number of ether oxygens (including phenoxy) is 2. The van der Waals surface area contributed by atoms with Crippen molar-refractivity contribution in [2.45, 2.75) is 13.3 Å². The van der Waals surface area contributed by atoms with Crippen molar-refractivity contribution < 1.29 is 13.9 Å². The Labute approximate surface area is 148 Å². The molecule has 2 aromatic rings. The van der Waals surface area contributed by atoms with Crippen molar-refractivity contribution in [2.24, 2.45) is 4.99 Å². The minimum atomic E-state index is 0.545. The van der Waals surface area contributed by atoms with E-state index in [1.165, 1.54) is 0 Å². The average molecular weight is 343 g/mol. The molecule has 1 aromatic carbocycles. The third kappa shape index (κ3) is 5.91. The first kappa shape index (κ1) is 18.4. The summed E-state index contributed by atoms with van der Waals surface area (Å²) in [6.07, 6.45) is 2.44. The van der Waals surface area contributed by atoms with Crippen LogP contribution >= 0.6 is 0 Å². The zero-order chi connectivity index (χ0) is 18.1. The fourth-order valence-electron chi connectivity index (χ4n) is 2.16. The van der Waals surface area contributed by atoms with Gasteiger partial charge in [0.25, 0.3) is 0 Å². The SMILES string of the molecule is C=C(C)CN=C(NCCc1ccco1)Nc1ccc(OC)c(OC)c1. The van der Waals surface area contributed by atoms with Crippen LogP contribution in [0.25, 0.3) is 0 Å². The molecule has 1 aromatic heterocycles. The van der Waals surface area contributed by atoms with E-state index < -0.39 is 0 Å². The summed E-state index contributed by atoms with van der Waals surface area (Å²) in [7, 11) is 3.22. The smallest absolute Gasteiger partial charge is 0.196 e. The van der Waals surface area contributed by atoms with E-state index in [9.17, 15) is 0 Å². The number of nitrogens with zero attached hydrogens (tertiary/aromatic N) is 1. The van der Waals surface area contributed by atoms with Gasteiger partial charge in [-0.3, -0.25) is 0 Å². The maximum Gasteiger partial charge on any atom is 0.196 e. The van der Waals surface area contributed by atoms with E-state index in [4.69, 9.17) is 13.9 Å². The molecule has 1 heterocycles. The van der Waals surface area contributed by atoms with Crippen molar-refractivity contribution in [3.8, 4) is 11.5 Å². The van der Waals surface area contributed by atoms with E-state index in [2.05, 4.69) is 22.2 Å². The molecule has 2 N–H and O–H groups in total. The maximum atomic E-state index is 5.34. The third-order valence-electron chi connectivity index (χ3n) is 3.40. The predicted octanol–water partition coefficient (Wildman–Crippen LogP) is 3.47. The lowest BCUT2D eigenvalue weighted by Crippen LogP contribution is -2.32. The van der Waals surface area contributed by atoms with E-state index in [-0.39, 0.29) is 0 Å². The molecule has 0 fully saturated rings. The highest BCUT2D eigenvalue weighted by molar-refractivity contribution is 5.94. The Bertz CT molecular complexity index is 709. The van der Waals surface area contributed by atoms with Gasteiger partial charge in [-0.1, -0.05) is 12.2 Å². The van der Waals surface area contributed by atoms with E-state index in [1.54, 1.807) is 20.5 Å². The van der Waals surface area contributed by atoms with Crippen molar-refractivity contribution in [2.75, 3.05) is 32.6 Å². The second kappa shape index (κ2) is 9.42. The Morgan fingerprint density at radius 3 is 2.64 bits per heavy atom. The lowest BCUT2D eigenvalue weighted by molar-refractivity contribution is 0.355. The molecule has 0 atom stereocenters. The van der Waals surface area contributed by atoms with Gasteiger partial charge in [0.05, 0.1) is 27.0 Å². The van der Waals surface area contributed by atoms with Crippen molar-refractivity contribution in [3.05, 3.63) is 54.5 Å². The van der Waals surface area contributed by atoms with Crippen LogP contribution in [0.1, 0.15) is 12.7 Å². The summed E-state index contributed by atoms with van der Waals surface area (Å²) in [5.74, 6) is 2.93. The highest BCUT2D eigenvalue weighted by Crippen LogP contribution is 2.29. The number of anilines is 1. The van der Waals surface area contributed by atoms with Gasteiger partial charge in [-0.05, 0) is 31.2 Å². The number of hydrogen-bond donors (Lipinski definition) is 2. The molecule has 0 saturated heterocycles. The number of guanidine groups is 1. The van der Waals surface area contributed by atoms with Gasteiger partial charge < -0.3 is 24.5 Å². The quantitative estimate of drug-likeness (QED) is 0.436. The first-order chi connectivity index (χ1) is 12.1. The van der Waals surface area contributed by atoms with Crippen molar-refractivity contribution >= 4 is 11.6 Å². The fourth-order valence-corrected chi connectivity index (χ4v) is 2.16. The summed E-state index contributed by atoms with van der Waals surface area (Å²) in [5, 5.41) is 6.57. The van der Waals surface area contributed by atoms with Gasteiger partial charge in [0.15, 0.2) is 17.5 Å². The summed E-state index contributed by atoms with van der Waals surface area (Å²) >= 11 is 0. The molecular weight excluding hydrogens is 318 g/mol. The minimum absolute atomic E-state index is 0.545. The molecule has 0 radical (unpaired) electrons. The van der Waals surface area contributed by atoms with Crippen LogP contribution in [0.4, 0.5) is 5.69 Å². The molecule has 0 saturated carbocycles. The molecule has 2 rings (SSSR count). The van der Waals surface area contributed by atoms with E-state index in [0.29, 0.717) is 30.5 Å². The first-order valence-corrected chi connectivity index (χ1v) is 8.06. The standard InChI is InChI=1S/C19H25N3O3/c1-14(2)13-21-19(20-10-9-16-6-5-11-25-16)22-15-7-8-17(23-3)18(12-15)24-4/h5-8,11-12H,1,9-10,13H2,2-4H3,(H2,20,21,22). The van der Waals surface area contributed by atoms with Gasteiger partial charge in [-0.15, -0.1) is 0 Å². The maximum absolute atomic E-state index is 5.34. The summed E-state index contributed by atoms with van der Waals surface area (Å²) in [5.41, 5.74) is 1.84. The Morgan fingerprint density at radius 2 is 2.00 bits per heavy atom. The lowest BCUT2D eigenvalue weighted by atomic mass is 10.2. The zero-order valence-corrected chi connectivity index (χ0v) is 15.0. The van der Waals surface area contributed by atoms with E-state index in [1.807, 2.05) is 37.3 Å². The highest BCUT2D eigenvalue weighted by Gasteiger charge is 2.07. The molecule has 0 unspecified atom stereocenters. The van der Waals surface area contributed by atoms with Gasteiger partial charge in [-0.25, -0.2) is 4.99 Å². The van der Waals surface area contributed by atoms with Gasteiger partial charge in [-0.2, -0.15) is 0 Å². The summed E-state index contributed by atoms with van der Waals surface area (Å²) < 4.78 is 15.9. The highest BCUT2D eigenvalue weighted by atomic mass is 16.5. The molecule has 134 valence electrons. The lowest BCUT2D eigenvalue weighted by Gasteiger charge is -2.14. The average Bonchev–Trinajstić information content (AvgIpc) is 3.12. The molecule has 6 heteroatoms. The van der Waals surface area contributed by atoms with Crippen LogP contribution in [-0.2, 0) is 6.42 Å². The Morgan fingerprint density at radius 1 is 1.20 bits per heavy atom. The molecule has 0 amide bonds. The Balaban J connectivity index is 2.04. The van der Waals surface area contributed by atoms with Gasteiger partial charge in [0, 0.05) is 24.7 Å². The Hall–Kier alpha value is -2.89. The van der Waals surface area contributed by atoms with E-state index in [0.717, 1.165) is 23.4 Å². The molecule has 6 nitrogen and oxygen atoms in total. The van der Waals surface area contributed by atoms with Gasteiger partial charge in [0.1, 0.15) is 5.76 Å². The van der Waals surface area contributed by atoms with Crippen molar-refractivity contribution in [1.82, 2.24) is 5.32 Å². The van der Waals surface area contributed by atoms with Crippen LogP contribution < -0.4 is 20.1 Å². The number of hydrogen-bond acceptors (Lipinski definition) is 4. The number of nitrogens with one attached hydrogen (secondary N) is 2. The molecule has 0 spiro atoms. The normalized spacial score (nSPS) is 11.1. The largest absolute Gasteiger partial charge is 0.493 e. The molecule has 0 bridgehead atoms. The van der Waals surface area contributed by atoms with Crippen LogP contribution in [0.2, 0.25) is 0 Å². The summed E-state index contributed by atoms with van der Waals surface area (Å²) in [6.45, 7) is 7.08. The molecule has 0 aliphatic rings. The monoisotopic (exact) mass is 343 g/mol. The third-order valence-corrected chi connectivity index (χ3v) is 3.40. The molecular formula is C19H25N3O3. The van der Waals surface area contributed by atoms with Crippen LogP contribution in [0.5, 0.6) is 11.5 Å². The topological polar surface area (TPSA) is 68.0 Å². The van der Waals surface area contributed by atoms with Gasteiger partial charge >= 0.3 is 0 Å². The molecule has 25 heavy (non-hydrogen) atoms. The predicted molar refractivity (Wildman–Crippen MR) is 101 cm³/mol. The first-order valence-electron chi connectivity index (χ1n) is 8.06. The zero-order valence-electron chi connectivity index (χ0n) is 15.0. The number of benzene rings is 1. The van der Waals surface area contributed by atoms with Crippen molar-refractivity contribution in [3.63, 3.8) is 0 Å². The van der Waals surface area contributed by atoms with Crippen LogP contribution in [0.15, 0.2) is 58.2 Å².